The largest absolute Gasteiger partial charge is 0.493 e. The van der Waals surface area contributed by atoms with E-state index < -0.39 is 11.6 Å². The van der Waals surface area contributed by atoms with Crippen LogP contribution in [0.2, 0.25) is 0 Å². The van der Waals surface area contributed by atoms with Crippen molar-refractivity contribution >= 4 is 0 Å². The van der Waals surface area contributed by atoms with Crippen LogP contribution in [0.3, 0.4) is 0 Å². The molecule has 0 radical (unpaired) electrons. The molecule has 0 amide bonds. The van der Waals surface area contributed by atoms with Crippen molar-refractivity contribution in [1.82, 2.24) is 0 Å². The molecule has 0 aromatic heterocycles. The molecule has 0 atom stereocenters. The zero-order valence-electron chi connectivity index (χ0n) is 9.22. The summed E-state index contributed by atoms with van der Waals surface area (Å²) in [6, 6.07) is 2.18. The summed E-state index contributed by atoms with van der Waals surface area (Å²) >= 11 is 0. The van der Waals surface area contributed by atoms with E-state index in [1.165, 1.54) is 13.2 Å². The van der Waals surface area contributed by atoms with E-state index in [2.05, 4.69) is 0 Å². The molecule has 2 N–H and O–H groups in total. The van der Waals surface area contributed by atoms with Gasteiger partial charge in [0, 0.05) is 23.6 Å². The summed E-state index contributed by atoms with van der Waals surface area (Å²) in [5.41, 5.74) is 6.00. The first-order chi connectivity index (χ1) is 7.63. The van der Waals surface area contributed by atoms with Gasteiger partial charge >= 0.3 is 0 Å². The lowest BCUT2D eigenvalue weighted by Gasteiger charge is -2.42. The second kappa shape index (κ2) is 4.01. The normalized spacial score (nSPS) is 18.0. The molecule has 88 valence electrons. The van der Waals surface area contributed by atoms with Crippen LogP contribution in [-0.4, -0.2) is 13.7 Å². The predicted molar refractivity (Wildman–Crippen MR) is 57.5 cm³/mol. The lowest BCUT2D eigenvalue weighted by Crippen LogP contribution is -2.42. The van der Waals surface area contributed by atoms with Gasteiger partial charge in [0.2, 0.25) is 0 Å². The molecular formula is C12H15F2NO. The quantitative estimate of drug-likeness (QED) is 0.860. The second-order valence-corrected chi connectivity index (χ2v) is 4.31. The van der Waals surface area contributed by atoms with Crippen molar-refractivity contribution in [2.75, 3.05) is 13.7 Å². The van der Waals surface area contributed by atoms with Crippen LogP contribution in [0.15, 0.2) is 12.1 Å². The first-order valence-corrected chi connectivity index (χ1v) is 5.36. The van der Waals surface area contributed by atoms with E-state index in [0.29, 0.717) is 12.1 Å². The van der Waals surface area contributed by atoms with Crippen molar-refractivity contribution in [1.29, 1.82) is 0 Å². The summed E-state index contributed by atoms with van der Waals surface area (Å²) in [6.45, 7) is 0.395. The summed E-state index contributed by atoms with van der Waals surface area (Å²) in [5.74, 6) is -1.10. The maximum atomic E-state index is 13.5. The molecule has 0 saturated heterocycles. The predicted octanol–water partition coefficient (Wildman–Crippen LogP) is 2.35. The van der Waals surface area contributed by atoms with Gasteiger partial charge in [0.15, 0.2) is 11.6 Å². The number of benzene rings is 1. The zero-order valence-corrected chi connectivity index (χ0v) is 9.22. The highest BCUT2D eigenvalue weighted by molar-refractivity contribution is 5.43. The van der Waals surface area contributed by atoms with Crippen LogP contribution in [0.5, 0.6) is 5.75 Å². The molecule has 1 fully saturated rings. The molecule has 0 heterocycles. The number of methoxy groups -OCH3 is 1. The molecule has 1 aromatic rings. The van der Waals surface area contributed by atoms with Crippen LogP contribution in [-0.2, 0) is 5.41 Å². The minimum absolute atomic E-state index is 0.131. The lowest BCUT2D eigenvalue weighted by molar-refractivity contribution is 0.239. The van der Waals surface area contributed by atoms with Crippen molar-refractivity contribution in [3.05, 3.63) is 29.3 Å². The number of ether oxygens (including phenoxy) is 1. The summed E-state index contributed by atoms with van der Waals surface area (Å²) < 4.78 is 31.8. The van der Waals surface area contributed by atoms with Crippen LogP contribution in [0, 0.1) is 11.6 Å². The minimum atomic E-state index is -0.655. The molecule has 1 aliphatic rings. The maximum Gasteiger partial charge on any atom is 0.168 e. The van der Waals surface area contributed by atoms with Crippen molar-refractivity contribution in [3.63, 3.8) is 0 Å². The van der Waals surface area contributed by atoms with Gasteiger partial charge in [-0.2, -0.15) is 0 Å². The van der Waals surface area contributed by atoms with E-state index >= 15 is 0 Å². The number of hydrogen-bond donors (Lipinski definition) is 1. The van der Waals surface area contributed by atoms with Crippen LogP contribution in [0.1, 0.15) is 24.8 Å². The Kier molecular flexibility index (Phi) is 2.84. The van der Waals surface area contributed by atoms with E-state index in [0.717, 1.165) is 25.3 Å². The van der Waals surface area contributed by atoms with Gasteiger partial charge in [0.25, 0.3) is 0 Å². The van der Waals surface area contributed by atoms with Gasteiger partial charge in [-0.1, -0.05) is 6.42 Å². The van der Waals surface area contributed by atoms with Crippen molar-refractivity contribution in [2.45, 2.75) is 24.7 Å². The first kappa shape index (κ1) is 11.3. The summed E-state index contributed by atoms with van der Waals surface area (Å²) in [5, 5.41) is 0. The third-order valence-electron chi connectivity index (χ3n) is 3.49. The fourth-order valence-electron chi connectivity index (χ4n) is 2.35. The number of rotatable bonds is 3. The Morgan fingerprint density at radius 1 is 1.38 bits per heavy atom. The summed E-state index contributed by atoms with van der Waals surface area (Å²) in [4.78, 5) is 0. The summed E-state index contributed by atoms with van der Waals surface area (Å²) in [7, 11) is 1.39. The van der Waals surface area contributed by atoms with Gasteiger partial charge in [-0.25, -0.2) is 8.78 Å². The molecular weight excluding hydrogens is 212 g/mol. The summed E-state index contributed by atoms with van der Waals surface area (Å²) in [6.07, 6.45) is 2.77. The standard InChI is InChI=1S/C12H15F2NO/c1-16-11-9(5-8(13)6-10(11)14)12(7-15)3-2-4-12/h5-6H,2-4,7,15H2,1H3. The molecule has 1 aliphatic carbocycles. The van der Waals surface area contributed by atoms with Gasteiger partial charge in [0.1, 0.15) is 5.82 Å². The Bertz CT molecular complexity index is 397. The average Bonchev–Trinajstić information content (AvgIpc) is 2.16. The Labute approximate surface area is 93.4 Å². The monoisotopic (exact) mass is 227 g/mol. The third kappa shape index (κ3) is 1.57. The van der Waals surface area contributed by atoms with E-state index in [-0.39, 0.29) is 11.2 Å². The van der Waals surface area contributed by atoms with Gasteiger partial charge in [-0.05, 0) is 18.9 Å². The molecule has 2 rings (SSSR count). The van der Waals surface area contributed by atoms with Crippen LogP contribution < -0.4 is 10.5 Å². The molecule has 1 aromatic carbocycles. The van der Waals surface area contributed by atoms with E-state index in [9.17, 15) is 8.78 Å². The average molecular weight is 227 g/mol. The molecule has 2 nitrogen and oxygen atoms in total. The Morgan fingerprint density at radius 3 is 2.50 bits per heavy atom. The second-order valence-electron chi connectivity index (χ2n) is 4.31. The maximum absolute atomic E-state index is 13.5. The van der Waals surface area contributed by atoms with E-state index in [1.807, 2.05) is 0 Å². The van der Waals surface area contributed by atoms with Gasteiger partial charge in [-0.15, -0.1) is 0 Å². The first-order valence-electron chi connectivity index (χ1n) is 5.36. The van der Waals surface area contributed by atoms with Crippen molar-refractivity contribution in [2.24, 2.45) is 5.73 Å². The minimum Gasteiger partial charge on any atom is -0.493 e. The molecule has 4 heteroatoms. The van der Waals surface area contributed by atoms with E-state index in [1.54, 1.807) is 0 Å². The van der Waals surface area contributed by atoms with Crippen molar-refractivity contribution in [3.8, 4) is 5.75 Å². The third-order valence-corrected chi connectivity index (χ3v) is 3.49. The highest BCUT2D eigenvalue weighted by atomic mass is 19.1. The fourth-order valence-corrected chi connectivity index (χ4v) is 2.35. The topological polar surface area (TPSA) is 35.2 Å². The molecule has 0 aliphatic heterocycles. The Hall–Kier alpha value is -1.16. The molecule has 1 saturated carbocycles. The molecule has 16 heavy (non-hydrogen) atoms. The van der Waals surface area contributed by atoms with Crippen LogP contribution >= 0.6 is 0 Å². The lowest BCUT2D eigenvalue weighted by atomic mass is 9.64. The van der Waals surface area contributed by atoms with E-state index in [4.69, 9.17) is 10.5 Å². The van der Waals surface area contributed by atoms with Gasteiger partial charge in [-0.3, -0.25) is 0 Å². The Balaban J connectivity index is 2.53. The molecule has 0 unspecified atom stereocenters. The fraction of sp³-hybridized carbons (Fsp3) is 0.500. The SMILES string of the molecule is COc1c(F)cc(F)cc1C1(CN)CCC1. The molecule has 0 bridgehead atoms. The number of hydrogen-bond acceptors (Lipinski definition) is 2. The molecule has 0 spiro atoms. The highest BCUT2D eigenvalue weighted by Crippen LogP contribution is 2.47. The van der Waals surface area contributed by atoms with Crippen molar-refractivity contribution < 1.29 is 13.5 Å². The number of halogens is 2. The van der Waals surface area contributed by atoms with Crippen LogP contribution in [0.25, 0.3) is 0 Å². The zero-order chi connectivity index (χ0) is 11.8. The highest BCUT2D eigenvalue weighted by Gasteiger charge is 2.40. The van der Waals surface area contributed by atoms with Gasteiger partial charge < -0.3 is 10.5 Å². The van der Waals surface area contributed by atoms with Crippen LogP contribution in [0.4, 0.5) is 8.78 Å². The smallest absolute Gasteiger partial charge is 0.168 e. The number of nitrogens with two attached hydrogens (primary N) is 1. The Morgan fingerprint density at radius 2 is 2.06 bits per heavy atom. The van der Waals surface area contributed by atoms with Gasteiger partial charge in [0.05, 0.1) is 7.11 Å².